The van der Waals surface area contributed by atoms with Gasteiger partial charge in [0.1, 0.15) is 30.3 Å². The summed E-state index contributed by atoms with van der Waals surface area (Å²) in [5.74, 6) is -5.79. The molecule has 4 rings (SSSR count). The molecule has 1 saturated heterocycles. The van der Waals surface area contributed by atoms with Crippen LogP contribution in [0.2, 0.25) is 0 Å². The molecule has 1 unspecified atom stereocenters. The van der Waals surface area contributed by atoms with Crippen molar-refractivity contribution >= 4 is 44.9 Å². The van der Waals surface area contributed by atoms with E-state index in [-0.39, 0.29) is 55.6 Å². The minimum Gasteiger partial charge on any atom is -0.493 e. The van der Waals surface area contributed by atoms with E-state index in [2.05, 4.69) is 14.7 Å². The van der Waals surface area contributed by atoms with Crippen LogP contribution in [0.15, 0.2) is 34.1 Å². The molecule has 0 bridgehead atoms. The molecule has 1 aromatic carbocycles. The van der Waals surface area contributed by atoms with Crippen molar-refractivity contribution in [2.24, 2.45) is 0 Å². The highest BCUT2D eigenvalue weighted by Crippen LogP contribution is 2.33. The van der Waals surface area contributed by atoms with Gasteiger partial charge in [0.2, 0.25) is 15.6 Å². The molecular weight excluding hydrogens is 891 g/mol. The minimum absolute atomic E-state index is 0.0299. The van der Waals surface area contributed by atoms with E-state index in [0.717, 1.165) is 12.0 Å². The number of carbonyl (C=O) groups is 4. The van der Waals surface area contributed by atoms with Crippen LogP contribution in [-0.2, 0) is 66.1 Å². The third-order valence-corrected chi connectivity index (χ3v) is 11.8. The van der Waals surface area contributed by atoms with Gasteiger partial charge in [-0.25, -0.2) is 18.2 Å². The predicted octanol–water partition coefficient (Wildman–Crippen LogP) is 1.43. The summed E-state index contributed by atoms with van der Waals surface area (Å²) in [5.41, 5.74) is -1.16. The molecule has 0 aliphatic carbocycles. The summed E-state index contributed by atoms with van der Waals surface area (Å²) in [6.07, 6.45) is -0.803. The van der Waals surface area contributed by atoms with Gasteiger partial charge in [-0.3, -0.25) is 24.1 Å². The predicted molar refractivity (Wildman–Crippen MR) is 221 cm³/mol. The first-order valence-corrected chi connectivity index (χ1v) is 21.9. The molecule has 3 heterocycles. The lowest BCUT2D eigenvalue weighted by Gasteiger charge is -2.34. The summed E-state index contributed by atoms with van der Waals surface area (Å²) < 4.78 is 52.2. The second kappa shape index (κ2) is 23.5. The van der Waals surface area contributed by atoms with E-state index in [1.54, 1.807) is 4.90 Å². The van der Waals surface area contributed by atoms with Crippen molar-refractivity contribution in [3.63, 3.8) is 0 Å². The largest absolute Gasteiger partial charge is 0.493 e. The standard InChI is InChI=1S/C38H51N7O19S/c1-4-7-25-22-42(6-3)34-33(25)39-35(40-36(34)50)28-19-27(8-9-29(28)60-16-5-2)65(57,58)43-13-11-41(12-14-43)15-18-61-32(49)21-38(37(51)52,20-30(46)47)63-31(48)10-17-59-23-26(64-45(55)56)24-62-44(53)54/h8-9,19,22,26H,4-7,10-18,20-21,23-24H2,1-3H3,(H,46,47)(H,51,52)(H,39,40,50)/t26-,38?/m0/s1. The lowest BCUT2D eigenvalue weighted by molar-refractivity contribution is -0.790. The maximum atomic E-state index is 14.0. The Kier molecular flexibility index (Phi) is 18.5. The van der Waals surface area contributed by atoms with Crippen LogP contribution in [0.5, 0.6) is 5.75 Å². The van der Waals surface area contributed by atoms with E-state index in [0.29, 0.717) is 48.3 Å². The Balaban J connectivity index is 1.36. The Morgan fingerprint density at radius 3 is 2.29 bits per heavy atom. The summed E-state index contributed by atoms with van der Waals surface area (Å²) in [5, 5.41) is 37.8. The van der Waals surface area contributed by atoms with Gasteiger partial charge in [0, 0.05) is 45.5 Å². The normalized spacial score (nSPS) is 14.8. The zero-order chi connectivity index (χ0) is 47.9. The molecular formula is C38H51N7O19S. The van der Waals surface area contributed by atoms with Crippen LogP contribution in [0.4, 0.5) is 0 Å². The van der Waals surface area contributed by atoms with Crippen LogP contribution >= 0.6 is 0 Å². The number of rotatable bonds is 28. The van der Waals surface area contributed by atoms with E-state index in [4.69, 9.17) is 23.9 Å². The van der Waals surface area contributed by atoms with E-state index < -0.39 is 94.9 Å². The fraction of sp³-hybridized carbons (Fsp3) is 0.579. The highest BCUT2D eigenvalue weighted by Gasteiger charge is 2.47. The molecule has 0 spiro atoms. The number of nitrogens with zero attached hydrogens (tertiary/aromatic N) is 6. The second-order valence-corrected chi connectivity index (χ2v) is 16.5. The second-order valence-electron chi connectivity index (χ2n) is 14.6. The van der Waals surface area contributed by atoms with E-state index in [9.17, 15) is 62.8 Å². The number of benzene rings is 1. The molecule has 358 valence electrons. The zero-order valence-corrected chi connectivity index (χ0v) is 36.7. The number of sulfonamides is 1. The number of aryl methyl sites for hydroxylation is 2. The van der Waals surface area contributed by atoms with Crippen LogP contribution < -0.4 is 10.3 Å². The summed E-state index contributed by atoms with van der Waals surface area (Å²) in [4.78, 5) is 101. The molecule has 2 atom stereocenters. The Bertz CT molecular complexity index is 2360. The number of aromatic nitrogens is 3. The summed E-state index contributed by atoms with van der Waals surface area (Å²) in [6, 6.07) is 4.37. The number of carboxylic acids is 2. The maximum absolute atomic E-state index is 14.0. The Hall–Kier alpha value is -6.45. The van der Waals surface area contributed by atoms with Gasteiger partial charge in [-0.05, 0) is 43.5 Å². The van der Waals surface area contributed by atoms with Gasteiger partial charge in [-0.1, -0.05) is 20.3 Å². The van der Waals surface area contributed by atoms with Crippen LogP contribution in [0.1, 0.15) is 58.4 Å². The fourth-order valence-electron chi connectivity index (χ4n) is 6.80. The van der Waals surface area contributed by atoms with Crippen molar-refractivity contribution in [2.45, 2.75) is 82.4 Å². The number of fused-ring (bicyclic) bond motifs is 1. The molecule has 1 aliphatic heterocycles. The van der Waals surface area contributed by atoms with Gasteiger partial charge in [0.15, 0.2) is 6.10 Å². The van der Waals surface area contributed by atoms with Gasteiger partial charge >= 0.3 is 23.9 Å². The third-order valence-electron chi connectivity index (χ3n) is 9.89. The minimum atomic E-state index is -4.09. The molecule has 26 nitrogen and oxygen atoms in total. The van der Waals surface area contributed by atoms with Crippen molar-refractivity contribution in [1.29, 1.82) is 0 Å². The molecule has 0 amide bonds. The number of hydrogen-bond acceptors (Lipinski definition) is 19. The number of hydrogen-bond donors (Lipinski definition) is 3. The average molecular weight is 942 g/mol. The topological polar surface area (TPSA) is 342 Å². The van der Waals surface area contributed by atoms with Gasteiger partial charge in [-0.2, -0.15) is 4.31 Å². The maximum Gasteiger partial charge on any atom is 0.349 e. The monoisotopic (exact) mass is 941 g/mol. The van der Waals surface area contributed by atoms with Gasteiger partial charge in [0.05, 0.1) is 55.1 Å². The molecule has 3 N–H and O–H groups in total. The first-order valence-electron chi connectivity index (χ1n) is 20.4. The average Bonchev–Trinajstić information content (AvgIpc) is 3.60. The summed E-state index contributed by atoms with van der Waals surface area (Å²) in [6.45, 7) is 4.74. The number of esters is 2. The number of aromatic amines is 1. The van der Waals surface area contributed by atoms with Crippen LogP contribution in [0.25, 0.3) is 22.4 Å². The fourth-order valence-corrected chi connectivity index (χ4v) is 8.24. The van der Waals surface area contributed by atoms with Crippen molar-refractivity contribution in [2.75, 3.05) is 65.8 Å². The highest BCUT2D eigenvalue weighted by atomic mass is 32.2. The SMILES string of the molecule is CCCOc1ccc(S(=O)(=O)N2CCN(CCOC(=O)CC(CC(=O)O)(OC(=O)CCOC[C@@H](CO[N+](=O)[O-])O[N+](=O)[O-])C(=O)O)CC2)cc1-c1nc2c(CCC)cn(CC)c2c(=O)[nH]1. The van der Waals surface area contributed by atoms with Crippen LogP contribution in [0.3, 0.4) is 0 Å². The van der Waals surface area contributed by atoms with Gasteiger partial charge < -0.3 is 48.4 Å². The Morgan fingerprint density at radius 1 is 0.954 bits per heavy atom. The first kappa shape index (κ1) is 51.2. The van der Waals surface area contributed by atoms with Crippen molar-refractivity contribution in [1.82, 2.24) is 23.7 Å². The zero-order valence-electron chi connectivity index (χ0n) is 35.8. The molecule has 65 heavy (non-hydrogen) atoms. The van der Waals surface area contributed by atoms with Gasteiger partial charge in [0.25, 0.3) is 15.7 Å². The summed E-state index contributed by atoms with van der Waals surface area (Å²) >= 11 is 0. The number of carboxylic acid groups (broad SMARTS) is 2. The number of H-pyrrole nitrogens is 1. The number of ether oxygens (including phenoxy) is 4. The number of nitrogens with one attached hydrogen (secondary N) is 1. The third kappa shape index (κ3) is 14.0. The number of carbonyl (C=O) groups excluding carboxylic acids is 2. The lowest BCUT2D eigenvalue weighted by Crippen LogP contribution is -2.49. The van der Waals surface area contributed by atoms with E-state index in [1.807, 2.05) is 31.5 Å². The smallest absolute Gasteiger partial charge is 0.349 e. The van der Waals surface area contributed by atoms with Crippen LogP contribution in [-0.4, -0.2) is 154 Å². The number of piperazine rings is 1. The Labute approximate surface area is 370 Å². The van der Waals surface area contributed by atoms with Gasteiger partial charge in [-0.15, -0.1) is 20.2 Å². The van der Waals surface area contributed by atoms with E-state index in [1.165, 1.54) is 22.5 Å². The van der Waals surface area contributed by atoms with E-state index >= 15 is 0 Å². The lowest BCUT2D eigenvalue weighted by atomic mass is 9.95. The van der Waals surface area contributed by atoms with Crippen molar-refractivity contribution in [3.05, 3.63) is 60.5 Å². The molecule has 0 radical (unpaired) electrons. The van der Waals surface area contributed by atoms with Crippen molar-refractivity contribution < 1.29 is 76.6 Å². The van der Waals surface area contributed by atoms with Crippen molar-refractivity contribution in [3.8, 4) is 17.1 Å². The Morgan fingerprint density at radius 2 is 1.68 bits per heavy atom. The highest BCUT2D eigenvalue weighted by molar-refractivity contribution is 7.89. The molecule has 2 aromatic heterocycles. The molecule has 0 saturated carbocycles. The van der Waals surface area contributed by atoms with Crippen LogP contribution in [0, 0.1) is 20.2 Å². The summed E-state index contributed by atoms with van der Waals surface area (Å²) in [7, 11) is -4.09. The molecule has 27 heteroatoms. The molecule has 1 aliphatic rings. The molecule has 1 fully saturated rings. The quantitative estimate of drug-likeness (QED) is 0.0401. The molecule has 3 aromatic rings. The first-order chi connectivity index (χ1) is 30.8. The number of aliphatic carboxylic acids is 2.